The monoisotopic (exact) mass is 632 g/mol. The van der Waals surface area contributed by atoms with Crippen LogP contribution in [0.15, 0.2) is 71.5 Å². The van der Waals surface area contributed by atoms with E-state index in [1.165, 1.54) is 12.1 Å². The molecule has 5 N–H and O–H groups in total. The molecule has 1 fully saturated rings. The fourth-order valence-electron chi connectivity index (χ4n) is 5.83. The average molecular weight is 633 g/mol. The van der Waals surface area contributed by atoms with E-state index in [2.05, 4.69) is 10.3 Å². The fourth-order valence-corrected chi connectivity index (χ4v) is 6.80. The van der Waals surface area contributed by atoms with E-state index >= 15 is 0 Å². The number of benzene rings is 2. The van der Waals surface area contributed by atoms with Gasteiger partial charge >= 0.3 is 5.97 Å². The van der Waals surface area contributed by atoms with Gasteiger partial charge in [-0.25, -0.2) is 0 Å². The number of hydrogen-bond acceptors (Lipinski definition) is 8. The van der Waals surface area contributed by atoms with Crippen LogP contribution in [0.5, 0.6) is 5.75 Å². The third kappa shape index (κ3) is 6.77. The topological polar surface area (TPSA) is 163 Å². The molecule has 12 heteroatoms. The Labute approximate surface area is 263 Å². The largest absolute Gasteiger partial charge is 0.506 e. The van der Waals surface area contributed by atoms with Crippen molar-refractivity contribution in [2.75, 3.05) is 39.8 Å². The predicted molar refractivity (Wildman–Crippen MR) is 171 cm³/mol. The molecule has 45 heavy (non-hydrogen) atoms. The molecule has 3 heterocycles. The zero-order chi connectivity index (χ0) is 32.1. The SMILES string of the molecule is CN(CCCNCC(O)c1ccc(O)c2[nH]c(=O)ccc12)C(=O)c1ccc(C(=O)N2CCC(C(=O)O)(c3ccccc3)CC2)s1. The lowest BCUT2D eigenvalue weighted by Gasteiger charge is -2.39. The molecule has 4 aromatic rings. The summed E-state index contributed by atoms with van der Waals surface area (Å²) < 4.78 is 0. The first-order valence-electron chi connectivity index (χ1n) is 14.8. The van der Waals surface area contributed by atoms with Crippen molar-refractivity contribution in [2.24, 2.45) is 0 Å². The molecule has 11 nitrogen and oxygen atoms in total. The smallest absolute Gasteiger partial charge is 0.314 e. The van der Waals surface area contributed by atoms with Crippen LogP contribution in [0.3, 0.4) is 0 Å². The molecule has 1 aliphatic rings. The minimum absolute atomic E-state index is 0.0707. The summed E-state index contributed by atoms with van der Waals surface area (Å²) in [6.45, 7) is 1.85. The Morgan fingerprint density at radius 1 is 1.02 bits per heavy atom. The first-order valence-corrected chi connectivity index (χ1v) is 15.6. The quantitative estimate of drug-likeness (QED) is 0.157. The van der Waals surface area contributed by atoms with Crippen molar-refractivity contribution >= 4 is 40.0 Å². The van der Waals surface area contributed by atoms with Gasteiger partial charge < -0.3 is 35.4 Å². The number of carbonyl (C=O) groups excluding carboxylic acids is 2. The Kier molecular flexibility index (Phi) is 9.66. The van der Waals surface area contributed by atoms with Crippen molar-refractivity contribution in [1.29, 1.82) is 0 Å². The molecule has 1 unspecified atom stereocenters. The molecule has 5 rings (SSSR count). The number of carboxylic acid groups (broad SMARTS) is 1. The number of phenols is 1. The number of nitrogens with one attached hydrogen (secondary N) is 2. The van der Waals surface area contributed by atoms with Gasteiger partial charge in [-0.05, 0) is 61.2 Å². The number of pyridine rings is 1. The summed E-state index contributed by atoms with van der Waals surface area (Å²) in [6, 6.07) is 18.4. The Morgan fingerprint density at radius 2 is 1.73 bits per heavy atom. The Morgan fingerprint density at radius 3 is 2.44 bits per heavy atom. The molecule has 0 aliphatic carbocycles. The summed E-state index contributed by atoms with van der Waals surface area (Å²) in [5.41, 5.74) is 0.223. The molecular formula is C33H36N4O7S. The highest BCUT2D eigenvalue weighted by molar-refractivity contribution is 7.15. The van der Waals surface area contributed by atoms with E-state index in [9.17, 15) is 34.5 Å². The summed E-state index contributed by atoms with van der Waals surface area (Å²) in [4.78, 5) is 56.9. The summed E-state index contributed by atoms with van der Waals surface area (Å²) in [5, 5.41) is 34.5. The number of nitrogens with zero attached hydrogens (tertiary/aromatic N) is 2. The third-order valence-corrected chi connectivity index (χ3v) is 9.53. The minimum Gasteiger partial charge on any atom is -0.506 e. The number of piperidine rings is 1. The van der Waals surface area contributed by atoms with Gasteiger partial charge in [0.1, 0.15) is 5.75 Å². The molecule has 0 radical (unpaired) electrons. The van der Waals surface area contributed by atoms with Crippen LogP contribution in [0.25, 0.3) is 10.9 Å². The number of fused-ring (bicyclic) bond motifs is 1. The molecule has 2 aromatic heterocycles. The molecule has 0 saturated carbocycles. The highest BCUT2D eigenvalue weighted by atomic mass is 32.1. The highest BCUT2D eigenvalue weighted by Gasteiger charge is 2.44. The molecule has 0 spiro atoms. The molecule has 2 aromatic carbocycles. The maximum absolute atomic E-state index is 13.2. The van der Waals surface area contributed by atoms with Gasteiger partial charge in [-0.15, -0.1) is 11.3 Å². The number of aliphatic carboxylic acids is 1. The van der Waals surface area contributed by atoms with Crippen LogP contribution in [-0.4, -0.2) is 87.7 Å². The summed E-state index contributed by atoms with van der Waals surface area (Å²) >= 11 is 1.13. The number of rotatable bonds is 11. The number of aromatic nitrogens is 1. The molecule has 1 aliphatic heterocycles. The summed E-state index contributed by atoms with van der Waals surface area (Å²) in [6.07, 6.45) is 0.375. The van der Waals surface area contributed by atoms with Crippen LogP contribution in [0.4, 0.5) is 0 Å². The Bertz CT molecular complexity index is 1740. The third-order valence-electron chi connectivity index (χ3n) is 8.46. The summed E-state index contributed by atoms with van der Waals surface area (Å²) in [5.74, 6) is -1.36. The van der Waals surface area contributed by atoms with Crippen molar-refractivity contribution in [2.45, 2.75) is 30.8 Å². The van der Waals surface area contributed by atoms with Crippen molar-refractivity contribution in [3.8, 4) is 5.75 Å². The standard InChI is InChI=1S/C33H36N4O7S/c1-36(17-5-16-34-20-25(39)22-8-10-24(38)29-23(22)9-13-28(40)35-29)30(41)26-11-12-27(45-26)31(42)37-18-14-33(15-19-37,32(43)44)21-6-3-2-4-7-21/h2-4,6-13,25,34,38-39H,5,14-20H2,1H3,(H,35,40)(H,43,44). The van der Waals surface area contributed by atoms with Crippen molar-refractivity contribution in [3.63, 3.8) is 0 Å². The number of carbonyl (C=O) groups is 3. The lowest BCUT2D eigenvalue weighted by Crippen LogP contribution is -2.49. The number of aliphatic hydroxyl groups is 1. The highest BCUT2D eigenvalue weighted by Crippen LogP contribution is 2.36. The number of hydrogen-bond donors (Lipinski definition) is 5. The van der Waals surface area contributed by atoms with E-state index in [0.717, 1.165) is 16.9 Å². The van der Waals surface area contributed by atoms with Gasteiger partial charge in [0, 0.05) is 44.7 Å². The van der Waals surface area contributed by atoms with E-state index in [0.29, 0.717) is 66.1 Å². The molecule has 236 valence electrons. The normalized spacial score (nSPS) is 15.1. The van der Waals surface area contributed by atoms with Crippen molar-refractivity contribution in [3.05, 3.63) is 98.0 Å². The first-order chi connectivity index (χ1) is 21.6. The van der Waals surface area contributed by atoms with Crippen LogP contribution in [0.2, 0.25) is 0 Å². The lowest BCUT2D eigenvalue weighted by atomic mass is 9.73. The van der Waals surface area contributed by atoms with Crippen LogP contribution >= 0.6 is 11.3 Å². The van der Waals surface area contributed by atoms with E-state index in [4.69, 9.17) is 0 Å². The number of carboxylic acids is 1. The molecule has 2 amide bonds. The van der Waals surface area contributed by atoms with Gasteiger partial charge in [0.2, 0.25) is 5.56 Å². The number of amides is 2. The molecule has 1 atom stereocenters. The van der Waals surface area contributed by atoms with E-state index in [1.54, 1.807) is 41.1 Å². The van der Waals surface area contributed by atoms with Gasteiger partial charge in [-0.3, -0.25) is 19.2 Å². The van der Waals surface area contributed by atoms with E-state index in [-0.39, 0.29) is 35.2 Å². The zero-order valence-electron chi connectivity index (χ0n) is 24.9. The number of aromatic amines is 1. The Hall–Kier alpha value is -4.52. The Balaban J connectivity index is 1.09. The molecule has 1 saturated heterocycles. The van der Waals surface area contributed by atoms with Crippen molar-refractivity contribution in [1.82, 2.24) is 20.1 Å². The maximum atomic E-state index is 13.2. The number of phenolic OH excluding ortho intramolecular Hbond substituents is 1. The second kappa shape index (κ2) is 13.6. The number of likely N-dealkylation sites (tertiary alicyclic amines) is 1. The van der Waals surface area contributed by atoms with Gasteiger partial charge in [0.25, 0.3) is 11.8 Å². The van der Waals surface area contributed by atoms with E-state index in [1.807, 2.05) is 30.3 Å². The number of aliphatic hydroxyl groups excluding tert-OH is 1. The van der Waals surface area contributed by atoms with Gasteiger partial charge in [-0.2, -0.15) is 0 Å². The van der Waals surface area contributed by atoms with E-state index < -0.39 is 17.5 Å². The first kappa shape index (κ1) is 31.9. The lowest BCUT2D eigenvalue weighted by molar-refractivity contribution is -0.145. The van der Waals surface area contributed by atoms with Crippen molar-refractivity contribution < 1.29 is 29.7 Å². The van der Waals surface area contributed by atoms with Crippen LogP contribution in [-0.2, 0) is 10.2 Å². The second-order valence-electron chi connectivity index (χ2n) is 11.3. The zero-order valence-corrected chi connectivity index (χ0v) is 25.7. The van der Waals surface area contributed by atoms with Gasteiger partial charge in [-0.1, -0.05) is 36.4 Å². The van der Waals surface area contributed by atoms with Gasteiger partial charge in [0.05, 0.1) is 26.8 Å². The summed E-state index contributed by atoms with van der Waals surface area (Å²) in [7, 11) is 1.70. The van der Waals surface area contributed by atoms with Crippen LogP contribution in [0, 0.1) is 0 Å². The predicted octanol–water partition coefficient (Wildman–Crippen LogP) is 3.34. The minimum atomic E-state index is -1.02. The number of H-pyrrole nitrogens is 1. The van der Waals surface area contributed by atoms with Crippen LogP contribution in [0.1, 0.15) is 55.8 Å². The number of aromatic hydroxyl groups is 1. The second-order valence-corrected chi connectivity index (χ2v) is 12.4. The molecule has 0 bridgehead atoms. The fraction of sp³-hybridized carbons (Fsp3) is 0.333. The maximum Gasteiger partial charge on any atom is 0.314 e. The van der Waals surface area contributed by atoms with Crippen LogP contribution < -0.4 is 10.9 Å². The average Bonchev–Trinajstić information content (AvgIpc) is 3.55. The molecular weight excluding hydrogens is 596 g/mol. The van der Waals surface area contributed by atoms with Gasteiger partial charge in [0.15, 0.2) is 0 Å². The number of thiophene rings is 1.